The van der Waals surface area contributed by atoms with E-state index in [9.17, 15) is 14.4 Å². The van der Waals surface area contributed by atoms with Gasteiger partial charge in [0, 0.05) is 23.1 Å². The lowest BCUT2D eigenvalue weighted by molar-refractivity contribution is -0.149. The highest BCUT2D eigenvalue weighted by Gasteiger charge is 2.38. The average Bonchev–Trinajstić information content (AvgIpc) is 2.63. The van der Waals surface area contributed by atoms with Crippen molar-refractivity contribution in [1.29, 1.82) is 0 Å². The molecule has 7 heteroatoms. The second-order valence-corrected chi connectivity index (χ2v) is 7.46. The number of benzene rings is 1. The predicted octanol–water partition coefficient (Wildman–Crippen LogP) is 3.69. The highest BCUT2D eigenvalue weighted by molar-refractivity contribution is 6.31. The second kappa shape index (κ2) is 9.73. The molecule has 6 nitrogen and oxygen atoms in total. The molecule has 0 unspecified atom stereocenters. The number of carbonyl (C=O) groups is 3. The van der Waals surface area contributed by atoms with E-state index < -0.39 is 17.9 Å². The van der Waals surface area contributed by atoms with Crippen LogP contribution in [0.2, 0.25) is 5.02 Å². The Balaban J connectivity index is 2.46. The standard InChI is InChI=1S/C21H26ClNO5/c1-5-27-19(25)11-23-14(4)20(21(26)28-12-13(2)3)16(10-18(23)24)15-8-6-7-9-17(15)22/h6-9,13,16H,5,10-12H2,1-4H3/t16-/m0/s1. The third-order valence-corrected chi connectivity index (χ3v) is 4.81. The van der Waals surface area contributed by atoms with Crippen molar-refractivity contribution in [2.75, 3.05) is 19.8 Å². The Hall–Kier alpha value is -2.34. The van der Waals surface area contributed by atoms with E-state index in [1.165, 1.54) is 4.90 Å². The van der Waals surface area contributed by atoms with Gasteiger partial charge in [-0.15, -0.1) is 0 Å². The number of hydrogen-bond donors (Lipinski definition) is 0. The van der Waals surface area contributed by atoms with Crippen molar-refractivity contribution in [2.45, 2.75) is 40.0 Å². The van der Waals surface area contributed by atoms with Gasteiger partial charge in [0.2, 0.25) is 5.91 Å². The van der Waals surface area contributed by atoms with Crippen LogP contribution in [0.4, 0.5) is 0 Å². The van der Waals surface area contributed by atoms with E-state index in [2.05, 4.69) is 0 Å². The molecule has 1 aliphatic rings. The van der Waals surface area contributed by atoms with E-state index in [0.717, 1.165) is 0 Å². The Labute approximate surface area is 170 Å². The smallest absolute Gasteiger partial charge is 0.336 e. The molecule has 0 N–H and O–H groups in total. The van der Waals surface area contributed by atoms with Gasteiger partial charge in [0.1, 0.15) is 6.54 Å². The number of ether oxygens (including phenoxy) is 2. The van der Waals surface area contributed by atoms with Crippen molar-refractivity contribution in [2.24, 2.45) is 5.92 Å². The SMILES string of the molecule is CCOC(=O)CN1C(=O)C[C@@H](c2ccccc2Cl)C(C(=O)OCC(C)C)=C1C. The number of rotatable bonds is 7. The zero-order chi connectivity index (χ0) is 20.8. The van der Waals surface area contributed by atoms with E-state index in [-0.39, 0.29) is 38.0 Å². The molecular formula is C21H26ClNO5. The molecule has 0 radical (unpaired) electrons. The maximum Gasteiger partial charge on any atom is 0.336 e. The lowest BCUT2D eigenvalue weighted by Gasteiger charge is -2.34. The largest absolute Gasteiger partial charge is 0.465 e. The summed E-state index contributed by atoms with van der Waals surface area (Å²) >= 11 is 6.34. The third kappa shape index (κ3) is 5.13. The number of halogens is 1. The van der Waals surface area contributed by atoms with Gasteiger partial charge in [-0.05, 0) is 31.4 Å². The van der Waals surface area contributed by atoms with Crippen LogP contribution in [0.1, 0.15) is 45.6 Å². The number of nitrogens with zero attached hydrogens (tertiary/aromatic N) is 1. The molecule has 0 bridgehead atoms. The summed E-state index contributed by atoms with van der Waals surface area (Å²) < 4.78 is 10.4. The average molecular weight is 408 g/mol. The highest BCUT2D eigenvalue weighted by atomic mass is 35.5. The summed E-state index contributed by atoms with van der Waals surface area (Å²) in [5, 5.41) is 0.473. The van der Waals surface area contributed by atoms with Crippen molar-refractivity contribution in [3.8, 4) is 0 Å². The molecule has 0 aliphatic carbocycles. The van der Waals surface area contributed by atoms with Gasteiger partial charge in [0.05, 0.1) is 18.8 Å². The van der Waals surface area contributed by atoms with Crippen LogP contribution in [0, 0.1) is 5.92 Å². The third-order valence-electron chi connectivity index (χ3n) is 4.46. The molecule has 1 atom stereocenters. The van der Waals surface area contributed by atoms with Crippen molar-refractivity contribution >= 4 is 29.4 Å². The molecule has 0 saturated carbocycles. The van der Waals surface area contributed by atoms with Gasteiger partial charge in [-0.25, -0.2) is 4.79 Å². The summed E-state index contributed by atoms with van der Waals surface area (Å²) in [5.41, 5.74) is 1.42. The van der Waals surface area contributed by atoms with Crippen LogP contribution in [-0.2, 0) is 23.9 Å². The van der Waals surface area contributed by atoms with E-state index >= 15 is 0 Å². The number of esters is 2. The van der Waals surface area contributed by atoms with Gasteiger partial charge in [-0.2, -0.15) is 0 Å². The number of carbonyl (C=O) groups excluding carboxylic acids is 3. The Kier molecular flexibility index (Phi) is 7.63. The van der Waals surface area contributed by atoms with Crippen LogP contribution in [0.3, 0.4) is 0 Å². The van der Waals surface area contributed by atoms with Gasteiger partial charge >= 0.3 is 11.9 Å². The van der Waals surface area contributed by atoms with Crippen molar-refractivity contribution < 1.29 is 23.9 Å². The van der Waals surface area contributed by atoms with E-state index in [4.69, 9.17) is 21.1 Å². The first kappa shape index (κ1) is 22.0. The maximum atomic E-state index is 12.9. The molecule has 1 aliphatic heterocycles. The predicted molar refractivity (Wildman–Crippen MR) is 106 cm³/mol. The lowest BCUT2D eigenvalue weighted by atomic mass is 9.83. The van der Waals surface area contributed by atoms with Crippen LogP contribution in [0.15, 0.2) is 35.5 Å². The monoisotopic (exact) mass is 407 g/mol. The Morgan fingerprint density at radius 3 is 2.54 bits per heavy atom. The molecule has 1 aromatic carbocycles. The molecule has 0 saturated heterocycles. The lowest BCUT2D eigenvalue weighted by Crippen LogP contribution is -2.41. The molecule has 0 aromatic heterocycles. The summed E-state index contributed by atoms with van der Waals surface area (Å²) in [5.74, 6) is -1.65. The molecule has 28 heavy (non-hydrogen) atoms. The van der Waals surface area contributed by atoms with Gasteiger partial charge < -0.3 is 14.4 Å². The zero-order valence-electron chi connectivity index (χ0n) is 16.7. The topological polar surface area (TPSA) is 72.9 Å². The van der Waals surface area contributed by atoms with Crippen molar-refractivity contribution in [3.05, 3.63) is 46.1 Å². The summed E-state index contributed by atoms with van der Waals surface area (Å²) in [6, 6.07) is 7.11. The van der Waals surface area contributed by atoms with Crippen LogP contribution < -0.4 is 0 Å². The second-order valence-electron chi connectivity index (χ2n) is 7.05. The van der Waals surface area contributed by atoms with Crippen LogP contribution >= 0.6 is 11.6 Å². The first-order chi connectivity index (χ1) is 13.3. The molecule has 1 heterocycles. The first-order valence-electron chi connectivity index (χ1n) is 9.34. The van der Waals surface area contributed by atoms with Gasteiger partial charge in [-0.1, -0.05) is 43.6 Å². The molecule has 152 valence electrons. The van der Waals surface area contributed by atoms with Crippen molar-refractivity contribution in [1.82, 2.24) is 4.90 Å². The molecule has 1 aromatic rings. The fourth-order valence-electron chi connectivity index (χ4n) is 3.15. The van der Waals surface area contributed by atoms with Gasteiger partial charge in [0.25, 0.3) is 0 Å². The summed E-state index contributed by atoms with van der Waals surface area (Å²) in [4.78, 5) is 38.9. The summed E-state index contributed by atoms with van der Waals surface area (Å²) in [7, 11) is 0. The first-order valence-corrected chi connectivity index (χ1v) is 9.72. The molecular weight excluding hydrogens is 382 g/mol. The van der Waals surface area contributed by atoms with Crippen LogP contribution in [0.5, 0.6) is 0 Å². The normalized spacial score (nSPS) is 17.1. The minimum Gasteiger partial charge on any atom is -0.465 e. The minimum atomic E-state index is -0.528. The quantitative estimate of drug-likeness (QED) is 0.644. The number of allylic oxidation sites excluding steroid dienone is 1. The fourth-order valence-corrected chi connectivity index (χ4v) is 3.41. The minimum absolute atomic E-state index is 0.0204. The van der Waals surface area contributed by atoms with E-state index in [1.807, 2.05) is 19.9 Å². The zero-order valence-corrected chi connectivity index (χ0v) is 17.4. The molecule has 0 spiro atoms. The van der Waals surface area contributed by atoms with E-state index in [1.54, 1.807) is 32.0 Å². The number of amides is 1. The van der Waals surface area contributed by atoms with Crippen LogP contribution in [-0.4, -0.2) is 42.5 Å². The molecule has 0 fully saturated rings. The Morgan fingerprint density at radius 1 is 1.25 bits per heavy atom. The Bertz CT molecular complexity index is 787. The Morgan fingerprint density at radius 2 is 1.93 bits per heavy atom. The van der Waals surface area contributed by atoms with Gasteiger partial charge in [-0.3, -0.25) is 9.59 Å². The fraction of sp³-hybridized carbons (Fsp3) is 0.476. The number of hydrogen-bond acceptors (Lipinski definition) is 5. The molecule has 1 amide bonds. The summed E-state index contributed by atoms with van der Waals surface area (Å²) in [6.45, 7) is 7.46. The molecule has 2 rings (SSSR count). The van der Waals surface area contributed by atoms with Crippen molar-refractivity contribution in [3.63, 3.8) is 0 Å². The van der Waals surface area contributed by atoms with Crippen LogP contribution in [0.25, 0.3) is 0 Å². The maximum absolute atomic E-state index is 12.9. The van der Waals surface area contributed by atoms with E-state index in [0.29, 0.717) is 21.9 Å². The van der Waals surface area contributed by atoms with Gasteiger partial charge in [0.15, 0.2) is 0 Å². The highest BCUT2D eigenvalue weighted by Crippen LogP contribution is 2.39. The summed E-state index contributed by atoms with van der Waals surface area (Å²) in [6.07, 6.45) is 0.0204.